The van der Waals surface area contributed by atoms with Gasteiger partial charge >= 0.3 is 6.18 Å². The van der Waals surface area contributed by atoms with Crippen LogP contribution in [0.1, 0.15) is 50.7 Å². The average molecular weight is 449 g/mol. The minimum atomic E-state index is -4.49. The number of benzene rings is 2. The maximum absolute atomic E-state index is 13.1. The summed E-state index contributed by atoms with van der Waals surface area (Å²) < 4.78 is 40.6. The summed E-state index contributed by atoms with van der Waals surface area (Å²) in [6.45, 7) is 0. The number of hydrogen-bond donors (Lipinski definition) is 2. The Bertz CT molecular complexity index is 1160. The van der Waals surface area contributed by atoms with Crippen molar-refractivity contribution in [2.24, 2.45) is 0 Å². The van der Waals surface area contributed by atoms with E-state index >= 15 is 0 Å². The smallest absolute Gasteiger partial charge is 0.267 e. The van der Waals surface area contributed by atoms with Crippen LogP contribution in [-0.4, -0.2) is 21.6 Å². The van der Waals surface area contributed by atoms with Crippen LogP contribution in [0.5, 0.6) is 0 Å². The predicted molar refractivity (Wildman–Crippen MR) is 107 cm³/mol. The monoisotopic (exact) mass is 448 g/mol. The quantitative estimate of drug-likeness (QED) is 0.577. The molecule has 0 radical (unpaired) electrons. The Morgan fingerprint density at radius 2 is 1.68 bits per heavy atom. The second-order valence-electron chi connectivity index (χ2n) is 7.07. The molecule has 6 nitrogen and oxygen atoms in total. The molecule has 10 heteroatoms. The topological polar surface area (TPSA) is 76.0 Å². The first kappa shape index (κ1) is 20.9. The van der Waals surface area contributed by atoms with Crippen molar-refractivity contribution in [3.05, 3.63) is 82.1 Å². The van der Waals surface area contributed by atoms with Crippen molar-refractivity contribution in [3.8, 4) is 5.69 Å². The molecule has 2 N–H and O–H groups in total. The Balaban J connectivity index is 1.58. The zero-order chi connectivity index (χ0) is 22.2. The summed E-state index contributed by atoms with van der Waals surface area (Å²) in [5.74, 6) is -1.23. The maximum atomic E-state index is 13.1. The average Bonchev–Trinajstić information content (AvgIpc) is 3.49. The molecule has 2 aromatic carbocycles. The number of nitrogens with one attached hydrogen (secondary N) is 2. The molecule has 0 unspecified atom stereocenters. The summed E-state index contributed by atoms with van der Waals surface area (Å²) in [7, 11) is 0. The molecule has 3 aromatic rings. The van der Waals surface area contributed by atoms with E-state index in [0.29, 0.717) is 5.69 Å². The van der Waals surface area contributed by atoms with Gasteiger partial charge in [0.15, 0.2) is 0 Å². The van der Waals surface area contributed by atoms with Gasteiger partial charge in [0.2, 0.25) is 0 Å². The standard InChI is InChI=1S/C21H16ClF3N4O2/c22-17-7-2-1-6-15(17)19(30)27-28-20(31)16-11-26-29(18(16)12-8-9-12)14-5-3-4-13(10-14)21(23,24)25/h1-7,10-12H,8-9H2,(H,27,30)(H,28,31). The molecule has 0 saturated heterocycles. The highest BCUT2D eigenvalue weighted by Gasteiger charge is 2.34. The summed E-state index contributed by atoms with van der Waals surface area (Å²) in [6, 6.07) is 11.1. The van der Waals surface area contributed by atoms with Crippen molar-refractivity contribution in [3.63, 3.8) is 0 Å². The van der Waals surface area contributed by atoms with Crippen LogP contribution in [0.25, 0.3) is 5.69 Å². The maximum Gasteiger partial charge on any atom is 0.416 e. The molecule has 31 heavy (non-hydrogen) atoms. The summed E-state index contributed by atoms with van der Waals surface area (Å²) in [5.41, 5.74) is 4.88. The molecule has 1 saturated carbocycles. The van der Waals surface area contributed by atoms with E-state index in [4.69, 9.17) is 11.6 Å². The fraction of sp³-hybridized carbons (Fsp3) is 0.190. The van der Waals surface area contributed by atoms with E-state index in [9.17, 15) is 22.8 Å². The van der Waals surface area contributed by atoms with Gasteiger partial charge in [0, 0.05) is 5.92 Å². The lowest BCUT2D eigenvalue weighted by atomic mass is 10.1. The van der Waals surface area contributed by atoms with Gasteiger partial charge < -0.3 is 0 Å². The van der Waals surface area contributed by atoms with E-state index in [1.54, 1.807) is 18.2 Å². The number of alkyl halides is 3. The van der Waals surface area contributed by atoms with Crippen molar-refractivity contribution < 1.29 is 22.8 Å². The van der Waals surface area contributed by atoms with Crippen molar-refractivity contribution in [2.45, 2.75) is 24.9 Å². The van der Waals surface area contributed by atoms with Crippen LogP contribution in [0.15, 0.2) is 54.7 Å². The van der Waals surface area contributed by atoms with Gasteiger partial charge in [-0.25, -0.2) is 4.68 Å². The van der Waals surface area contributed by atoms with Gasteiger partial charge in [-0.2, -0.15) is 18.3 Å². The van der Waals surface area contributed by atoms with Gasteiger partial charge in [-0.05, 0) is 43.2 Å². The minimum absolute atomic E-state index is 0.00272. The molecule has 1 heterocycles. The Kier molecular flexibility index (Phi) is 5.45. The molecule has 2 amide bonds. The molecule has 0 atom stereocenters. The Morgan fingerprint density at radius 3 is 2.32 bits per heavy atom. The highest BCUT2D eigenvalue weighted by molar-refractivity contribution is 6.33. The van der Waals surface area contributed by atoms with Gasteiger partial charge in [0.05, 0.1) is 39.3 Å². The summed E-state index contributed by atoms with van der Waals surface area (Å²) >= 11 is 5.98. The Morgan fingerprint density at radius 1 is 1.00 bits per heavy atom. The molecule has 4 rings (SSSR count). The van der Waals surface area contributed by atoms with Crippen LogP contribution in [-0.2, 0) is 6.18 Å². The number of nitrogens with zero attached hydrogens (tertiary/aromatic N) is 2. The molecule has 0 aliphatic heterocycles. The third-order valence-corrected chi connectivity index (χ3v) is 5.17. The van der Waals surface area contributed by atoms with Crippen molar-refractivity contribution in [2.75, 3.05) is 0 Å². The second kappa shape index (κ2) is 8.07. The lowest BCUT2D eigenvalue weighted by Gasteiger charge is -2.12. The second-order valence-corrected chi connectivity index (χ2v) is 7.47. The molecule has 1 fully saturated rings. The fourth-order valence-electron chi connectivity index (χ4n) is 3.20. The Labute approximate surface area is 180 Å². The highest BCUT2D eigenvalue weighted by Crippen LogP contribution is 2.42. The third-order valence-electron chi connectivity index (χ3n) is 4.84. The Hall–Kier alpha value is -3.33. The molecule has 1 aliphatic rings. The number of halogens is 4. The number of hydrazine groups is 1. The van der Waals surface area contributed by atoms with Crippen LogP contribution in [0, 0.1) is 0 Å². The number of carbonyl (C=O) groups excluding carboxylic acids is 2. The van der Waals surface area contributed by atoms with E-state index in [-0.39, 0.29) is 27.8 Å². The SMILES string of the molecule is O=C(NNC(=O)c1cnn(-c2cccc(C(F)(F)F)c2)c1C1CC1)c1ccccc1Cl. The van der Waals surface area contributed by atoms with Crippen LogP contribution < -0.4 is 10.9 Å². The fourth-order valence-corrected chi connectivity index (χ4v) is 3.42. The molecule has 1 aromatic heterocycles. The molecule has 1 aliphatic carbocycles. The van der Waals surface area contributed by atoms with Crippen LogP contribution >= 0.6 is 11.6 Å². The summed E-state index contributed by atoms with van der Waals surface area (Å²) in [6.07, 6.45) is -1.63. The third kappa shape index (κ3) is 4.41. The first-order chi connectivity index (χ1) is 14.8. The van der Waals surface area contributed by atoms with Gasteiger partial charge in [0.25, 0.3) is 11.8 Å². The van der Waals surface area contributed by atoms with E-state index in [1.165, 1.54) is 29.1 Å². The van der Waals surface area contributed by atoms with E-state index in [1.807, 2.05) is 0 Å². The lowest BCUT2D eigenvalue weighted by molar-refractivity contribution is -0.137. The molecule has 0 spiro atoms. The summed E-state index contributed by atoms with van der Waals surface area (Å²) in [4.78, 5) is 25.0. The van der Waals surface area contributed by atoms with Gasteiger partial charge in [-0.1, -0.05) is 29.8 Å². The molecule has 0 bridgehead atoms. The number of rotatable bonds is 4. The molecular formula is C21H16ClF3N4O2. The number of amides is 2. The van der Waals surface area contributed by atoms with Crippen LogP contribution in [0.4, 0.5) is 13.2 Å². The minimum Gasteiger partial charge on any atom is -0.267 e. The van der Waals surface area contributed by atoms with Crippen molar-refractivity contribution in [1.29, 1.82) is 0 Å². The zero-order valence-corrected chi connectivity index (χ0v) is 16.7. The van der Waals surface area contributed by atoms with Crippen molar-refractivity contribution in [1.82, 2.24) is 20.6 Å². The van der Waals surface area contributed by atoms with E-state index < -0.39 is 23.6 Å². The first-order valence-electron chi connectivity index (χ1n) is 9.36. The first-order valence-corrected chi connectivity index (χ1v) is 9.74. The number of hydrogen-bond acceptors (Lipinski definition) is 3. The highest BCUT2D eigenvalue weighted by atomic mass is 35.5. The lowest BCUT2D eigenvalue weighted by Crippen LogP contribution is -2.42. The van der Waals surface area contributed by atoms with E-state index in [0.717, 1.165) is 25.0 Å². The van der Waals surface area contributed by atoms with Gasteiger partial charge in [-0.3, -0.25) is 20.4 Å². The zero-order valence-electron chi connectivity index (χ0n) is 15.9. The van der Waals surface area contributed by atoms with Gasteiger partial charge in [0.1, 0.15) is 0 Å². The van der Waals surface area contributed by atoms with Crippen LogP contribution in [0.3, 0.4) is 0 Å². The van der Waals surface area contributed by atoms with Crippen LogP contribution in [0.2, 0.25) is 5.02 Å². The largest absolute Gasteiger partial charge is 0.416 e. The number of aromatic nitrogens is 2. The predicted octanol–water partition coefficient (Wildman–Crippen LogP) is 4.50. The van der Waals surface area contributed by atoms with Gasteiger partial charge in [-0.15, -0.1) is 0 Å². The number of carbonyl (C=O) groups is 2. The normalized spacial score (nSPS) is 13.7. The van der Waals surface area contributed by atoms with E-state index in [2.05, 4.69) is 16.0 Å². The molecule has 160 valence electrons. The molecular weight excluding hydrogens is 433 g/mol. The van der Waals surface area contributed by atoms with Crippen molar-refractivity contribution >= 4 is 23.4 Å². The summed E-state index contributed by atoms with van der Waals surface area (Å²) in [5, 5.41) is 4.37.